The smallest absolute Gasteiger partial charge is 0.104 e. The summed E-state index contributed by atoms with van der Waals surface area (Å²) in [6, 6.07) is 3.79. The SMILES string of the molecule is CC(C)(CO)Cc1ccco1. The summed E-state index contributed by atoms with van der Waals surface area (Å²) in [5.74, 6) is 0.934. The summed E-state index contributed by atoms with van der Waals surface area (Å²) in [7, 11) is 0. The summed E-state index contributed by atoms with van der Waals surface area (Å²) >= 11 is 0. The molecule has 0 amide bonds. The molecule has 11 heavy (non-hydrogen) atoms. The van der Waals surface area contributed by atoms with Crippen molar-refractivity contribution in [3.63, 3.8) is 0 Å². The molecule has 0 bridgehead atoms. The van der Waals surface area contributed by atoms with Crippen LogP contribution >= 0.6 is 0 Å². The number of furan rings is 1. The van der Waals surface area contributed by atoms with Gasteiger partial charge in [-0.25, -0.2) is 0 Å². The van der Waals surface area contributed by atoms with Crippen LogP contribution < -0.4 is 0 Å². The van der Waals surface area contributed by atoms with Crippen LogP contribution in [0.4, 0.5) is 0 Å². The largest absolute Gasteiger partial charge is 0.469 e. The Bertz CT molecular complexity index is 199. The van der Waals surface area contributed by atoms with Crippen molar-refractivity contribution >= 4 is 0 Å². The monoisotopic (exact) mass is 154 g/mol. The molecule has 0 aliphatic heterocycles. The highest BCUT2D eigenvalue weighted by Crippen LogP contribution is 2.20. The zero-order valence-electron chi connectivity index (χ0n) is 7.00. The van der Waals surface area contributed by atoms with Crippen LogP contribution in [0.2, 0.25) is 0 Å². The fourth-order valence-corrected chi connectivity index (χ4v) is 0.941. The lowest BCUT2D eigenvalue weighted by Crippen LogP contribution is -2.19. The van der Waals surface area contributed by atoms with Crippen molar-refractivity contribution in [1.82, 2.24) is 0 Å². The molecule has 1 heterocycles. The highest BCUT2D eigenvalue weighted by Gasteiger charge is 2.18. The van der Waals surface area contributed by atoms with Gasteiger partial charge in [-0.15, -0.1) is 0 Å². The van der Waals surface area contributed by atoms with Gasteiger partial charge < -0.3 is 9.52 Å². The van der Waals surface area contributed by atoms with Crippen molar-refractivity contribution in [2.24, 2.45) is 5.41 Å². The van der Waals surface area contributed by atoms with E-state index in [1.807, 2.05) is 26.0 Å². The lowest BCUT2D eigenvalue weighted by atomic mass is 9.89. The van der Waals surface area contributed by atoms with E-state index in [9.17, 15) is 0 Å². The van der Waals surface area contributed by atoms with E-state index in [0.717, 1.165) is 12.2 Å². The molecule has 62 valence electrons. The predicted molar refractivity (Wildman–Crippen MR) is 43.3 cm³/mol. The number of aliphatic hydroxyl groups excluding tert-OH is 1. The minimum Gasteiger partial charge on any atom is -0.469 e. The van der Waals surface area contributed by atoms with E-state index in [1.165, 1.54) is 0 Å². The van der Waals surface area contributed by atoms with Gasteiger partial charge in [0.15, 0.2) is 0 Å². The van der Waals surface area contributed by atoms with Gasteiger partial charge in [0.25, 0.3) is 0 Å². The molecule has 0 aliphatic rings. The Morgan fingerprint density at radius 1 is 1.55 bits per heavy atom. The standard InChI is InChI=1S/C9H14O2/c1-9(2,7-10)6-8-4-3-5-11-8/h3-5,10H,6-7H2,1-2H3. The molecule has 1 N–H and O–H groups in total. The first-order valence-electron chi connectivity index (χ1n) is 3.77. The molecular formula is C9H14O2. The molecule has 0 radical (unpaired) electrons. The van der Waals surface area contributed by atoms with Crippen LogP contribution in [0, 0.1) is 5.41 Å². The molecule has 1 aromatic rings. The summed E-state index contributed by atoms with van der Waals surface area (Å²) in [4.78, 5) is 0. The fraction of sp³-hybridized carbons (Fsp3) is 0.556. The maximum atomic E-state index is 8.95. The molecular weight excluding hydrogens is 140 g/mol. The van der Waals surface area contributed by atoms with Gasteiger partial charge in [0, 0.05) is 13.0 Å². The third kappa shape index (κ3) is 2.39. The lowest BCUT2D eigenvalue weighted by Gasteiger charge is -2.19. The third-order valence-electron chi connectivity index (χ3n) is 1.66. The first-order valence-corrected chi connectivity index (χ1v) is 3.77. The van der Waals surface area contributed by atoms with Crippen LogP contribution in [0.5, 0.6) is 0 Å². The van der Waals surface area contributed by atoms with Gasteiger partial charge in [0.1, 0.15) is 5.76 Å². The topological polar surface area (TPSA) is 33.4 Å². The molecule has 1 aromatic heterocycles. The van der Waals surface area contributed by atoms with Gasteiger partial charge in [-0.05, 0) is 17.5 Å². The van der Waals surface area contributed by atoms with Gasteiger partial charge in [-0.3, -0.25) is 0 Å². The minimum absolute atomic E-state index is 0.0716. The number of rotatable bonds is 3. The van der Waals surface area contributed by atoms with Crippen molar-refractivity contribution in [1.29, 1.82) is 0 Å². The second kappa shape index (κ2) is 3.09. The summed E-state index contributed by atoms with van der Waals surface area (Å²) in [6.45, 7) is 4.21. The van der Waals surface area contributed by atoms with Crippen molar-refractivity contribution in [2.75, 3.05) is 6.61 Å². The van der Waals surface area contributed by atoms with E-state index >= 15 is 0 Å². The molecule has 0 aliphatic carbocycles. The Balaban J connectivity index is 2.56. The second-order valence-corrected chi connectivity index (χ2v) is 3.58. The third-order valence-corrected chi connectivity index (χ3v) is 1.66. The molecule has 0 saturated heterocycles. The maximum absolute atomic E-state index is 8.95. The van der Waals surface area contributed by atoms with E-state index < -0.39 is 0 Å². The van der Waals surface area contributed by atoms with Crippen molar-refractivity contribution in [3.8, 4) is 0 Å². The molecule has 1 rings (SSSR count). The molecule has 2 heteroatoms. The van der Waals surface area contributed by atoms with Crippen LogP contribution in [0.3, 0.4) is 0 Å². The van der Waals surface area contributed by atoms with E-state index in [0.29, 0.717) is 0 Å². The average Bonchev–Trinajstić information content (AvgIpc) is 2.39. The van der Waals surface area contributed by atoms with Gasteiger partial charge >= 0.3 is 0 Å². The molecule has 0 spiro atoms. The van der Waals surface area contributed by atoms with E-state index in [1.54, 1.807) is 6.26 Å². The molecule has 2 nitrogen and oxygen atoms in total. The minimum atomic E-state index is -0.0716. The normalized spacial score (nSPS) is 11.9. The van der Waals surface area contributed by atoms with E-state index in [-0.39, 0.29) is 12.0 Å². The quantitative estimate of drug-likeness (QED) is 0.720. The molecule has 0 atom stereocenters. The molecule has 0 unspecified atom stereocenters. The van der Waals surface area contributed by atoms with E-state index in [2.05, 4.69) is 0 Å². The molecule has 0 fully saturated rings. The van der Waals surface area contributed by atoms with Gasteiger partial charge in [0.2, 0.25) is 0 Å². The summed E-state index contributed by atoms with van der Waals surface area (Å²) in [5.41, 5.74) is -0.0716. The Morgan fingerprint density at radius 2 is 2.27 bits per heavy atom. The number of hydrogen-bond donors (Lipinski definition) is 1. The summed E-state index contributed by atoms with van der Waals surface area (Å²) < 4.78 is 5.16. The Kier molecular flexibility index (Phi) is 2.35. The van der Waals surface area contributed by atoms with Gasteiger partial charge in [-0.2, -0.15) is 0 Å². The molecule has 0 aromatic carbocycles. The first kappa shape index (κ1) is 8.34. The van der Waals surface area contributed by atoms with Crippen molar-refractivity contribution in [3.05, 3.63) is 24.2 Å². The van der Waals surface area contributed by atoms with Crippen molar-refractivity contribution in [2.45, 2.75) is 20.3 Å². The second-order valence-electron chi connectivity index (χ2n) is 3.58. The first-order chi connectivity index (χ1) is 5.14. The van der Waals surface area contributed by atoms with Crippen LogP contribution in [-0.4, -0.2) is 11.7 Å². The Labute approximate surface area is 66.8 Å². The summed E-state index contributed by atoms with van der Waals surface area (Å²) in [5, 5.41) is 8.95. The number of aliphatic hydroxyl groups is 1. The van der Waals surface area contributed by atoms with Gasteiger partial charge in [-0.1, -0.05) is 13.8 Å². The predicted octanol–water partition coefficient (Wildman–Crippen LogP) is 1.84. The van der Waals surface area contributed by atoms with Crippen LogP contribution in [0.15, 0.2) is 22.8 Å². The maximum Gasteiger partial charge on any atom is 0.104 e. The van der Waals surface area contributed by atoms with Crippen LogP contribution in [-0.2, 0) is 6.42 Å². The van der Waals surface area contributed by atoms with Crippen LogP contribution in [0.1, 0.15) is 19.6 Å². The Morgan fingerprint density at radius 3 is 2.73 bits per heavy atom. The highest BCUT2D eigenvalue weighted by atomic mass is 16.3. The zero-order chi connectivity index (χ0) is 8.32. The fourth-order valence-electron chi connectivity index (χ4n) is 0.941. The van der Waals surface area contributed by atoms with E-state index in [4.69, 9.17) is 9.52 Å². The molecule has 0 saturated carbocycles. The van der Waals surface area contributed by atoms with Crippen LogP contribution in [0.25, 0.3) is 0 Å². The lowest BCUT2D eigenvalue weighted by molar-refractivity contribution is 0.153. The van der Waals surface area contributed by atoms with Crippen molar-refractivity contribution < 1.29 is 9.52 Å². The highest BCUT2D eigenvalue weighted by molar-refractivity contribution is 5.00. The average molecular weight is 154 g/mol. The number of hydrogen-bond acceptors (Lipinski definition) is 2. The van der Waals surface area contributed by atoms with Gasteiger partial charge in [0.05, 0.1) is 6.26 Å². The zero-order valence-corrected chi connectivity index (χ0v) is 7.00. The Hall–Kier alpha value is -0.760. The summed E-state index contributed by atoms with van der Waals surface area (Å²) in [6.07, 6.45) is 2.44.